The van der Waals surface area contributed by atoms with Crippen LogP contribution in [0, 0.1) is 0 Å². The van der Waals surface area contributed by atoms with Crippen molar-refractivity contribution < 1.29 is 18.2 Å². The molecule has 0 amide bonds. The Balaban J connectivity index is 2.06. The van der Waals surface area contributed by atoms with Crippen LogP contribution >= 0.6 is 0 Å². The predicted octanol–water partition coefficient (Wildman–Crippen LogP) is 2.50. The van der Waals surface area contributed by atoms with Crippen LogP contribution in [-0.2, 0) is 24.4 Å². The van der Waals surface area contributed by atoms with Crippen LogP contribution in [0.1, 0.15) is 11.1 Å². The molecule has 5 nitrogen and oxygen atoms in total. The minimum Gasteiger partial charge on any atom is -0.760 e. The highest BCUT2D eigenvalue weighted by Crippen LogP contribution is 2.17. The molecule has 0 fully saturated rings. The van der Waals surface area contributed by atoms with Crippen molar-refractivity contribution in [3.8, 4) is 11.5 Å². The lowest BCUT2D eigenvalue weighted by atomic mass is 10.2. The van der Waals surface area contributed by atoms with Crippen molar-refractivity contribution in [1.29, 1.82) is 0 Å². The van der Waals surface area contributed by atoms with E-state index in [-0.39, 0.29) is 0 Å². The van der Waals surface area contributed by atoms with Crippen molar-refractivity contribution in [1.82, 2.24) is 4.31 Å². The van der Waals surface area contributed by atoms with Gasteiger partial charge in [0.05, 0.1) is 14.2 Å². The number of methoxy groups -OCH3 is 2. The minimum absolute atomic E-state index is 0.312. The molecule has 2 aromatic rings. The first-order valence-electron chi connectivity index (χ1n) is 6.72. The van der Waals surface area contributed by atoms with Gasteiger partial charge >= 0.3 is 0 Å². The van der Waals surface area contributed by atoms with E-state index in [4.69, 9.17) is 9.47 Å². The zero-order valence-corrected chi connectivity index (χ0v) is 13.3. The van der Waals surface area contributed by atoms with Crippen LogP contribution in [0.5, 0.6) is 11.5 Å². The fourth-order valence-electron chi connectivity index (χ4n) is 2.03. The molecule has 2 rings (SSSR count). The van der Waals surface area contributed by atoms with Crippen molar-refractivity contribution in [3.05, 3.63) is 59.7 Å². The summed E-state index contributed by atoms with van der Waals surface area (Å²) in [6.07, 6.45) is 0. The van der Waals surface area contributed by atoms with Crippen LogP contribution in [0.25, 0.3) is 0 Å². The average molecular weight is 320 g/mol. The summed E-state index contributed by atoms with van der Waals surface area (Å²) in [5.74, 6) is 1.49. The fraction of sp³-hybridized carbons (Fsp3) is 0.250. The molecular formula is C16H18NO4S-. The SMILES string of the molecule is COc1ccc(CN(Cc2ccc(OC)cc2)S(=O)[O-])cc1. The quantitative estimate of drug-likeness (QED) is 0.735. The molecule has 22 heavy (non-hydrogen) atoms. The predicted molar refractivity (Wildman–Crippen MR) is 84.2 cm³/mol. The van der Waals surface area contributed by atoms with Gasteiger partial charge in [0.25, 0.3) is 0 Å². The van der Waals surface area contributed by atoms with Crippen LogP contribution in [0.4, 0.5) is 0 Å². The van der Waals surface area contributed by atoms with Gasteiger partial charge in [-0.25, -0.2) is 4.31 Å². The second-order valence-corrected chi connectivity index (χ2v) is 5.66. The molecule has 0 aromatic heterocycles. The smallest absolute Gasteiger partial charge is 0.118 e. The van der Waals surface area contributed by atoms with Crippen LogP contribution in [0.15, 0.2) is 48.5 Å². The van der Waals surface area contributed by atoms with E-state index in [1.54, 1.807) is 14.2 Å². The van der Waals surface area contributed by atoms with E-state index in [1.807, 2.05) is 48.5 Å². The standard InChI is InChI=1S/C16H19NO4S/c1-20-15-7-3-13(4-8-15)11-17(22(18)19)12-14-5-9-16(21-2)10-6-14/h3-10H,11-12H2,1-2H3,(H,18,19)/p-1. The molecule has 0 heterocycles. The normalized spacial score (nSPS) is 12.2. The highest BCUT2D eigenvalue weighted by molar-refractivity contribution is 7.76. The maximum atomic E-state index is 11.4. The summed E-state index contributed by atoms with van der Waals surface area (Å²) in [7, 11) is 3.19. The zero-order valence-electron chi connectivity index (χ0n) is 12.5. The largest absolute Gasteiger partial charge is 0.760 e. The number of rotatable bonds is 7. The third-order valence-corrected chi connectivity index (χ3v) is 3.93. The van der Waals surface area contributed by atoms with E-state index in [1.165, 1.54) is 4.31 Å². The molecular weight excluding hydrogens is 302 g/mol. The van der Waals surface area contributed by atoms with Gasteiger partial charge in [-0.3, -0.25) is 4.21 Å². The van der Waals surface area contributed by atoms with Crippen LogP contribution in [0.3, 0.4) is 0 Å². The Morgan fingerprint density at radius 3 is 1.50 bits per heavy atom. The maximum absolute atomic E-state index is 11.4. The van der Waals surface area contributed by atoms with Crippen molar-refractivity contribution in [3.63, 3.8) is 0 Å². The van der Waals surface area contributed by atoms with Gasteiger partial charge in [0.15, 0.2) is 0 Å². The van der Waals surface area contributed by atoms with E-state index in [2.05, 4.69) is 0 Å². The maximum Gasteiger partial charge on any atom is 0.118 e. The van der Waals surface area contributed by atoms with E-state index in [9.17, 15) is 8.76 Å². The summed E-state index contributed by atoms with van der Waals surface area (Å²) in [4.78, 5) is 0. The van der Waals surface area contributed by atoms with Crippen LogP contribution < -0.4 is 9.47 Å². The number of ether oxygens (including phenoxy) is 2. The van der Waals surface area contributed by atoms with Gasteiger partial charge in [0.1, 0.15) is 11.5 Å². The van der Waals surface area contributed by atoms with Gasteiger partial charge in [-0.15, -0.1) is 0 Å². The topological polar surface area (TPSA) is 61.8 Å². The molecule has 0 aliphatic carbocycles. The van der Waals surface area contributed by atoms with Crippen molar-refractivity contribution in [2.75, 3.05) is 14.2 Å². The van der Waals surface area contributed by atoms with Gasteiger partial charge < -0.3 is 14.0 Å². The van der Waals surface area contributed by atoms with Gasteiger partial charge in [0, 0.05) is 24.4 Å². The second kappa shape index (κ2) is 7.93. The lowest BCUT2D eigenvalue weighted by Crippen LogP contribution is -2.24. The molecule has 118 valence electrons. The van der Waals surface area contributed by atoms with Crippen LogP contribution in [0.2, 0.25) is 0 Å². The van der Waals surface area contributed by atoms with Gasteiger partial charge in [-0.05, 0) is 35.4 Å². The van der Waals surface area contributed by atoms with Crippen molar-refractivity contribution >= 4 is 11.3 Å². The highest BCUT2D eigenvalue weighted by Gasteiger charge is 2.08. The number of hydrogen-bond donors (Lipinski definition) is 0. The molecule has 1 atom stereocenters. The molecule has 2 aromatic carbocycles. The number of hydrogen-bond acceptors (Lipinski definition) is 4. The Bertz CT molecular complexity index is 564. The summed E-state index contributed by atoms with van der Waals surface area (Å²) in [6, 6.07) is 14.7. The summed E-state index contributed by atoms with van der Waals surface area (Å²) in [5.41, 5.74) is 1.80. The molecule has 1 unspecified atom stereocenters. The summed E-state index contributed by atoms with van der Waals surface area (Å²) in [6.45, 7) is 0.623. The third kappa shape index (κ3) is 4.56. The van der Waals surface area contributed by atoms with Crippen molar-refractivity contribution in [2.24, 2.45) is 0 Å². The summed E-state index contributed by atoms with van der Waals surface area (Å²) >= 11 is -2.30. The summed E-state index contributed by atoms with van der Waals surface area (Å²) < 4.78 is 34.4. The Morgan fingerprint density at radius 1 is 0.864 bits per heavy atom. The second-order valence-electron chi connectivity index (χ2n) is 4.71. The average Bonchev–Trinajstić information content (AvgIpc) is 2.55. The van der Waals surface area contributed by atoms with Gasteiger partial charge in [0.2, 0.25) is 0 Å². The molecule has 0 N–H and O–H groups in total. The summed E-state index contributed by atoms with van der Waals surface area (Å²) in [5, 5.41) is 0. The Labute approximate surface area is 132 Å². The molecule has 6 heteroatoms. The Morgan fingerprint density at radius 2 is 1.23 bits per heavy atom. The number of benzene rings is 2. The first-order chi connectivity index (χ1) is 10.6. The lowest BCUT2D eigenvalue weighted by Gasteiger charge is -2.24. The van der Waals surface area contributed by atoms with E-state index in [0.29, 0.717) is 13.1 Å². The molecule has 0 bridgehead atoms. The molecule has 0 saturated heterocycles. The minimum atomic E-state index is -2.30. The molecule has 0 aliphatic rings. The third-order valence-electron chi connectivity index (χ3n) is 3.25. The molecule has 0 radical (unpaired) electrons. The molecule has 0 saturated carbocycles. The van der Waals surface area contributed by atoms with Gasteiger partial charge in [-0.2, -0.15) is 0 Å². The van der Waals surface area contributed by atoms with E-state index >= 15 is 0 Å². The van der Waals surface area contributed by atoms with Crippen molar-refractivity contribution in [2.45, 2.75) is 13.1 Å². The van der Waals surface area contributed by atoms with Gasteiger partial charge in [-0.1, -0.05) is 24.3 Å². The van der Waals surface area contributed by atoms with E-state index < -0.39 is 11.3 Å². The van der Waals surface area contributed by atoms with E-state index in [0.717, 1.165) is 22.6 Å². The number of nitrogens with zero attached hydrogens (tertiary/aromatic N) is 1. The fourth-order valence-corrected chi connectivity index (χ4v) is 2.54. The Hall–Kier alpha value is -1.89. The zero-order chi connectivity index (χ0) is 15.9. The van der Waals surface area contributed by atoms with Crippen LogP contribution in [-0.4, -0.2) is 27.3 Å². The molecule has 0 spiro atoms. The first-order valence-corrected chi connectivity index (χ1v) is 7.75. The lowest BCUT2D eigenvalue weighted by molar-refractivity contribution is 0.376. The Kier molecular flexibility index (Phi) is 5.94. The first kappa shape index (κ1) is 16.5. The monoisotopic (exact) mass is 320 g/mol. The highest BCUT2D eigenvalue weighted by atomic mass is 32.2. The molecule has 0 aliphatic heterocycles.